The van der Waals surface area contributed by atoms with Crippen molar-refractivity contribution in [2.24, 2.45) is 0 Å². The summed E-state index contributed by atoms with van der Waals surface area (Å²) in [5.74, 6) is 0. The molecule has 0 aromatic heterocycles. The van der Waals surface area contributed by atoms with Gasteiger partial charge in [0.25, 0.3) is 0 Å². The van der Waals surface area contributed by atoms with E-state index in [0.717, 1.165) is 13.1 Å². The second kappa shape index (κ2) is 8.98. The Balaban J connectivity index is 1.86. The number of benzene rings is 1. The molecule has 3 heteroatoms. The van der Waals surface area contributed by atoms with E-state index in [0.29, 0.717) is 0 Å². The van der Waals surface area contributed by atoms with E-state index in [1.807, 2.05) is 0 Å². The molecule has 0 radical (unpaired) electrons. The first-order valence-corrected chi connectivity index (χ1v) is 8.13. The zero-order chi connectivity index (χ0) is 14.0. The zero-order valence-corrected chi connectivity index (χ0v) is 12.9. The van der Waals surface area contributed by atoms with Gasteiger partial charge in [-0.25, -0.2) is 0 Å². The van der Waals surface area contributed by atoms with Gasteiger partial charge in [-0.15, -0.1) is 0 Å². The van der Waals surface area contributed by atoms with Gasteiger partial charge in [0.15, 0.2) is 0 Å². The summed E-state index contributed by atoms with van der Waals surface area (Å²) < 4.78 is 0. The van der Waals surface area contributed by atoms with E-state index in [2.05, 4.69) is 52.4 Å². The Labute approximate surface area is 124 Å². The molecular formula is C17H29N3. The summed E-state index contributed by atoms with van der Waals surface area (Å²) in [4.78, 5) is 5.14. The lowest BCUT2D eigenvalue weighted by molar-refractivity contribution is 0.297. The number of anilines is 1. The van der Waals surface area contributed by atoms with Crippen LogP contribution in [0, 0.1) is 0 Å². The van der Waals surface area contributed by atoms with E-state index >= 15 is 0 Å². The Bertz CT molecular complexity index is 345. The zero-order valence-electron chi connectivity index (χ0n) is 12.9. The molecule has 0 unspecified atom stereocenters. The van der Waals surface area contributed by atoms with Gasteiger partial charge in [0.05, 0.1) is 0 Å². The van der Waals surface area contributed by atoms with Crippen molar-refractivity contribution in [2.75, 3.05) is 50.7 Å². The fourth-order valence-electron chi connectivity index (χ4n) is 2.75. The second-order valence-electron chi connectivity index (χ2n) is 5.62. The van der Waals surface area contributed by atoms with Gasteiger partial charge in [0.1, 0.15) is 0 Å². The molecule has 1 aromatic rings. The molecule has 0 aliphatic carbocycles. The molecule has 2 rings (SSSR count). The summed E-state index contributed by atoms with van der Waals surface area (Å²) in [6.07, 6.45) is 3.81. The number of hydrogen-bond acceptors (Lipinski definition) is 3. The van der Waals surface area contributed by atoms with E-state index in [9.17, 15) is 0 Å². The smallest absolute Gasteiger partial charge is 0.0366 e. The van der Waals surface area contributed by atoms with Crippen LogP contribution in [0.4, 0.5) is 5.69 Å². The highest BCUT2D eigenvalue weighted by Crippen LogP contribution is 2.14. The third-order valence-corrected chi connectivity index (χ3v) is 4.02. The van der Waals surface area contributed by atoms with Gasteiger partial charge < -0.3 is 15.1 Å². The minimum Gasteiger partial charge on any atom is -0.370 e. The molecule has 112 valence electrons. The van der Waals surface area contributed by atoms with Crippen molar-refractivity contribution in [3.8, 4) is 0 Å². The highest BCUT2D eigenvalue weighted by atomic mass is 15.2. The van der Waals surface area contributed by atoms with Crippen molar-refractivity contribution in [2.45, 2.75) is 26.2 Å². The van der Waals surface area contributed by atoms with Gasteiger partial charge in [-0.05, 0) is 38.1 Å². The molecule has 1 aromatic carbocycles. The normalized spacial score (nSPS) is 16.9. The second-order valence-corrected chi connectivity index (χ2v) is 5.62. The number of rotatable bonds is 7. The first-order chi connectivity index (χ1) is 9.90. The topological polar surface area (TPSA) is 18.5 Å². The molecule has 0 amide bonds. The van der Waals surface area contributed by atoms with Crippen LogP contribution in [0.2, 0.25) is 0 Å². The average molecular weight is 275 g/mol. The largest absolute Gasteiger partial charge is 0.370 e. The average Bonchev–Trinajstić information content (AvgIpc) is 2.77. The Morgan fingerprint density at radius 1 is 1.10 bits per heavy atom. The van der Waals surface area contributed by atoms with Crippen LogP contribution in [0.3, 0.4) is 0 Å². The maximum absolute atomic E-state index is 3.48. The summed E-state index contributed by atoms with van der Waals surface area (Å²) in [7, 11) is 0. The Morgan fingerprint density at radius 2 is 1.95 bits per heavy atom. The van der Waals surface area contributed by atoms with E-state index < -0.39 is 0 Å². The number of hydrogen-bond donors (Lipinski definition) is 1. The molecule has 1 heterocycles. The fourth-order valence-corrected chi connectivity index (χ4v) is 2.75. The first kappa shape index (κ1) is 15.3. The van der Waals surface area contributed by atoms with E-state index in [1.165, 1.54) is 57.7 Å². The lowest BCUT2D eigenvalue weighted by Gasteiger charge is -2.28. The van der Waals surface area contributed by atoms with E-state index in [4.69, 9.17) is 0 Å². The Kier molecular flexibility index (Phi) is 6.89. The van der Waals surface area contributed by atoms with Gasteiger partial charge in [-0.1, -0.05) is 31.5 Å². The molecule has 0 atom stereocenters. The lowest BCUT2D eigenvalue weighted by Crippen LogP contribution is -2.37. The molecule has 1 fully saturated rings. The molecule has 1 aliphatic heterocycles. The maximum Gasteiger partial charge on any atom is 0.0366 e. The minimum absolute atomic E-state index is 1.14. The van der Waals surface area contributed by atoms with Crippen LogP contribution in [0.5, 0.6) is 0 Å². The van der Waals surface area contributed by atoms with Crippen LogP contribution in [0.1, 0.15) is 26.2 Å². The maximum atomic E-state index is 3.48. The molecule has 1 saturated heterocycles. The van der Waals surface area contributed by atoms with Crippen molar-refractivity contribution >= 4 is 5.69 Å². The number of nitrogens with one attached hydrogen (secondary N) is 1. The van der Waals surface area contributed by atoms with Gasteiger partial charge in [-0.2, -0.15) is 0 Å². The molecule has 1 N–H and O–H groups in total. The summed E-state index contributed by atoms with van der Waals surface area (Å²) >= 11 is 0. The highest BCUT2D eigenvalue weighted by Gasteiger charge is 2.11. The third-order valence-electron chi connectivity index (χ3n) is 4.02. The monoisotopic (exact) mass is 275 g/mol. The van der Waals surface area contributed by atoms with Gasteiger partial charge >= 0.3 is 0 Å². The van der Waals surface area contributed by atoms with Crippen molar-refractivity contribution in [1.29, 1.82) is 0 Å². The molecule has 1 aliphatic rings. The van der Waals surface area contributed by atoms with Crippen molar-refractivity contribution in [3.63, 3.8) is 0 Å². The van der Waals surface area contributed by atoms with Gasteiger partial charge in [0.2, 0.25) is 0 Å². The number of nitrogens with zero attached hydrogens (tertiary/aromatic N) is 2. The van der Waals surface area contributed by atoms with Crippen molar-refractivity contribution < 1.29 is 0 Å². The molecule has 0 spiro atoms. The summed E-state index contributed by atoms with van der Waals surface area (Å²) in [6, 6.07) is 10.9. The summed E-state index contributed by atoms with van der Waals surface area (Å²) in [5, 5.41) is 3.48. The molecule has 3 nitrogen and oxygen atoms in total. The summed E-state index contributed by atoms with van der Waals surface area (Å²) in [5.41, 5.74) is 1.37. The standard InChI is InChI=1S/C17H29N3/c1-2-3-13-20(17-8-5-4-6-9-17)16-15-19-12-7-10-18-11-14-19/h4-6,8-9,18H,2-3,7,10-16H2,1H3. The molecule has 0 saturated carbocycles. The van der Waals surface area contributed by atoms with Crippen LogP contribution in [-0.2, 0) is 0 Å². The minimum atomic E-state index is 1.14. The Morgan fingerprint density at radius 3 is 2.75 bits per heavy atom. The van der Waals surface area contributed by atoms with E-state index in [-0.39, 0.29) is 0 Å². The van der Waals surface area contributed by atoms with E-state index in [1.54, 1.807) is 0 Å². The molecular weight excluding hydrogens is 246 g/mol. The SMILES string of the molecule is CCCCN(CCN1CCCNCC1)c1ccccc1. The summed E-state index contributed by atoms with van der Waals surface area (Å²) in [6.45, 7) is 10.5. The van der Waals surface area contributed by atoms with Crippen LogP contribution >= 0.6 is 0 Å². The third kappa shape index (κ3) is 5.14. The highest BCUT2D eigenvalue weighted by molar-refractivity contribution is 5.45. The first-order valence-electron chi connectivity index (χ1n) is 8.13. The van der Waals surface area contributed by atoms with Crippen molar-refractivity contribution in [3.05, 3.63) is 30.3 Å². The molecule has 20 heavy (non-hydrogen) atoms. The van der Waals surface area contributed by atoms with Crippen LogP contribution in [0.15, 0.2) is 30.3 Å². The molecule has 0 bridgehead atoms. The van der Waals surface area contributed by atoms with Crippen molar-refractivity contribution in [1.82, 2.24) is 10.2 Å². The fraction of sp³-hybridized carbons (Fsp3) is 0.647. The number of para-hydroxylation sites is 1. The lowest BCUT2D eigenvalue weighted by atomic mass is 10.2. The quantitative estimate of drug-likeness (QED) is 0.825. The predicted molar refractivity (Wildman–Crippen MR) is 87.5 cm³/mol. The van der Waals surface area contributed by atoms with Crippen LogP contribution in [-0.4, -0.2) is 50.7 Å². The predicted octanol–water partition coefficient (Wildman–Crippen LogP) is 2.59. The van der Waals surface area contributed by atoms with Crippen LogP contribution < -0.4 is 10.2 Å². The van der Waals surface area contributed by atoms with Gasteiger partial charge in [-0.3, -0.25) is 0 Å². The Hall–Kier alpha value is -1.06. The van der Waals surface area contributed by atoms with Gasteiger partial charge in [0, 0.05) is 38.4 Å². The van der Waals surface area contributed by atoms with Crippen LogP contribution in [0.25, 0.3) is 0 Å². The number of unbranched alkanes of at least 4 members (excludes halogenated alkanes) is 1.